The minimum absolute atomic E-state index is 0.0116. The van der Waals surface area contributed by atoms with Gasteiger partial charge in [-0.3, -0.25) is 9.59 Å². The zero-order valence-corrected chi connectivity index (χ0v) is 23.7. The summed E-state index contributed by atoms with van der Waals surface area (Å²) in [6.45, 7) is 10.3. The van der Waals surface area contributed by atoms with Crippen LogP contribution in [0.25, 0.3) is 0 Å². The molecule has 210 valence electrons. The molecule has 0 bridgehead atoms. The number of amides is 1. The first-order chi connectivity index (χ1) is 18.4. The number of hydrogen-bond donors (Lipinski definition) is 1. The van der Waals surface area contributed by atoms with E-state index in [2.05, 4.69) is 31.3 Å². The Morgan fingerprint density at radius 1 is 1.11 bits per heavy atom. The third kappa shape index (κ3) is 8.16. The van der Waals surface area contributed by atoms with Crippen LogP contribution in [0.4, 0.5) is 0 Å². The number of methoxy groups -OCH3 is 2. The molecule has 0 radical (unpaired) electrons. The number of nitrogens with zero attached hydrogens (tertiary/aromatic N) is 2. The largest absolute Gasteiger partial charge is 0.491 e. The second-order valence-electron chi connectivity index (χ2n) is 10.3. The van der Waals surface area contributed by atoms with Crippen molar-refractivity contribution in [2.45, 2.75) is 65.1 Å². The minimum atomic E-state index is -0.231. The molecule has 8 heteroatoms. The smallest absolute Gasteiger partial charge is 0.250 e. The lowest BCUT2D eigenvalue weighted by Gasteiger charge is -2.37. The van der Waals surface area contributed by atoms with Gasteiger partial charge in [0, 0.05) is 58.8 Å². The van der Waals surface area contributed by atoms with E-state index < -0.39 is 0 Å². The molecular weight excluding hydrogens is 482 g/mol. The second kappa shape index (κ2) is 15.0. The van der Waals surface area contributed by atoms with Crippen LogP contribution in [0.1, 0.15) is 56.2 Å². The van der Waals surface area contributed by atoms with Gasteiger partial charge in [-0.1, -0.05) is 6.07 Å². The summed E-state index contributed by atoms with van der Waals surface area (Å²) >= 11 is 0. The Labute approximate surface area is 227 Å². The fraction of sp³-hybridized carbons (Fsp3) is 0.600. The molecule has 1 amide bonds. The number of piperidine rings is 1. The predicted molar refractivity (Wildman–Crippen MR) is 150 cm³/mol. The Kier molecular flexibility index (Phi) is 11.8. The molecule has 0 spiro atoms. The zero-order chi connectivity index (χ0) is 27.5. The number of pyridine rings is 1. The summed E-state index contributed by atoms with van der Waals surface area (Å²) in [4.78, 5) is 28.6. The van der Waals surface area contributed by atoms with Crippen molar-refractivity contribution in [3.8, 4) is 5.75 Å². The standard InChI is InChI=1S/C30H45N3O5/c1-6-32-12-10-25(19-29(32)34)27-9-11-31-20-28(27)30(35)33(22(2)3)21-24-16-23(8-7-13-36-4)17-26(18-24)38-15-14-37-5/h10,12,16-19,22,27-28,31H,6-9,11,13-15,20-21H2,1-5H3/t27-,28+/m1/s1. The Balaban J connectivity index is 1.85. The van der Waals surface area contributed by atoms with Crippen molar-refractivity contribution in [2.24, 2.45) is 5.92 Å². The van der Waals surface area contributed by atoms with Crippen LogP contribution < -0.4 is 15.6 Å². The average Bonchev–Trinajstić information content (AvgIpc) is 2.91. The van der Waals surface area contributed by atoms with Crippen molar-refractivity contribution < 1.29 is 19.0 Å². The van der Waals surface area contributed by atoms with Crippen LogP contribution in [0.5, 0.6) is 5.75 Å². The van der Waals surface area contributed by atoms with E-state index in [1.165, 1.54) is 0 Å². The maximum absolute atomic E-state index is 14.1. The molecule has 2 atom stereocenters. The third-order valence-corrected chi connectivity index (χ3v) is 7.24. The molecular formula is C30H45N3O5. The monoisotopic (exact) mass is 527 g/mol. The van der Waals surface area contributed by atoms with Crippen molar-refractivity contribution in [3.63, 3.8) is 0 Å². The van der Waals surface area contributed by atoms with Gasteiger partial charge >= 0.3 is 0 Å². The van der Waals surface area contributed by atoms with Crippen LogP contribution in [-0.4, -0.2) is 68.5 Å². The molecule has 8 nitrogen and oxygen atoms in total. The van der Waals surface area contributed by atoms with Crippen molar-refractivity contribution in [1.82, 2.24) is 14.8 Å². The Bertz CT molecular complexity index is 1060. The minimum Gasteiger partial charge on any atom is -0.491 e. The number of carbonyl (C=O) groups excluding carboxylic acids is 1. The maximum atomic E-state index is 14.1. The highest BCUT2D eigenvalue weighted by Crippen LogP contribution is 2.32. The fourth-order valence-corrected chi connectivity index (χ4v) is 5.17. The average molecular weight is 528 g/mol. The lowest BCUT2D eigenvalue weighted by Crippen LogP contribution is -2.48. The number of nitrogens with one attached hydrogen (secondary N) is 1. The number of rotatable bonds is 14. The van der Waals surface area contributed by atoms with Gasteiger partial charge in [0.15, 0.2) is 0 Å². The van der Waals surface area contributed by atoms with E-state index >= 15 is 0 Å². The van der Waals surface area contributed by atoms with Crippen LogP contribution in [0.2, 0.25) is 0 Å². The Morgan fingerprint density at radius 3 is 2.55 bits per heavy atom. The summed E-state index contributed by atoms with van der Waals surface area (Å²) in [6.07, 6.45) is 4.46. The van der Waals surface area contributed by atoms with Gasteiger partial charge in [0.2, 0.25) is 5.91 Å². The molecule has 1 aliphatic heterocycles. The van der Waals surface area contributed by atoms with Crippen LogP contribution in [0.15, 0.2) is 41.3 Å². The lowest BCUT2D eigenvalue weighted by molar-refractivity contribution is -0.139. The number of hydrogen-bond acceptors (Lipinski definition) is 6. The number of ether oxygens (including phenoxy) is 3. The van der Waals surface area contributed by atoms with E-state index in [9.17, 15) is 9.59 Å². The van der Waals surface area contributed by atoms with Gasteiger partial charge in [-0.2, -0.15) is 0 Å². The van der Waals surface area contributed by atoms with Crippen LogP contribution in [0, 0.1) is 5.92 Å². The molecule has 0 saturated carbocycles. The molecule has 1 N–H and O–H groups in total. The summed E-state index contributed by atoms with van der Waals surface area (Å²) in [5.74, 6) is 0.684. The lowest BCUT2D eigenvalue weighted by atomic mass is 9.80. The normalized spacial score (nSPS) is 17.5. The van der Waals surface area contributed by atoms with Crippen LogP contribution in [-0.2, 0) is 33.8 Å². The quantitative estimate of drug-likeness (QED) is 0.378. The predicted octanol–water partition coefficient (Wildman–Crippen LogP) is 3.60. The fourth-order valence-electron chi connectivity index (χ4n) is 5.17. The van der Waals surface area contributed by atoms with Gasteiger partial charge in [0.25, 0.3) is 5.56 Å². The second-order valence-corrected chi connectivity index (χ2v) is 10.3. The highest BCUT2D eigenvalue weighted by atomic mass is 16.5. The van der Waals surface area contributed by atoms with E-state index in [4.69, 9.17) is 14.2 Å². The van der Waals surface area contributed by atoms with Gasteiger partial charge in [-0.25, -0.2) is 0 Å². The first-order valence-electron chi connectivity index (χ1n) is 13.8. The molecule has 1 fully saturated rings. The molecule has 0 aliphatic carbocycles. The van der Waals surface area contributed by atoms with Gasteiger partial charge < -0.3 is 29.0 Å². The summed E-state index contributed by atoms with van der Waals surface area (Å²) in [5, 5.41) is 3.41. The summed E-state index contributed by atoms with van der Waals surface area (Å²) < 4.78 is 18.0. The van der Waals surface area contributed by atoms with Gasteiger partial charge in [0.1, 0.15) is 12.4 Å². The molecule has 38 heavy (non-hydrogen) atoms. The third-order valence-electron chi connectivity index (χ3n) is 7.24. The molecule has 2 heterocycles. The SMILES string of the molecule is CCn1ccc([C@H]2CCNC[C@@H]2C(=O)N(Cc2cc(CCCOC)cc(OCCOC)c2)C(C)C)cc1=O. The molecule has 1 aliphatic rings. The Hall–Kier alpha value is -2.68. The van der Waals surface area contributed by atoms with E-state index in [-0.39, 0.29) is 29.3 Å². The molecule has 3 rings (SSSR count). The van der Waals surface area contributed by atoms with Crippen LogP contribution >= 0.6 is 0 Å². The van der Waals surface area contributed by atoms with Crippen molar-refractivity contribution in [2.75, 3.05) is 47.1 Å². The van der Waals surface area contributed by atoms with Crippen LogP contribution in [0.3, 0.4) is 0 Å². The summed E-state index contributed by atoms with van der Waals surface area (Å²) in [7, 11) is 3.37. The van der Waals surface area contributed by atoms with Gasteiger partial charge in [-0.05, 0) is 87.4 Å². The Morgan fingerprint density at radius 2 is 1.87 bits per heavy atom. The van der Waals surface area contributed by atoms with E-state index in [1.807, 2.05) is 30.2 Å². The van der Waals surface area contributed by atoms with Gasteiger partial charge in [0.05, 0.1) is 12.5 Å². The topological polar surface area (TPSA) is 82.0 Å². The van der Waals surface area contributed by atoms with Crippen molar-refractivity contribution in [1.29, 1.82) is 0 Å². The number of aromatic nitrogens is 1. The van der Waals surface area contributed by atoms with Crippen molar-refractivity contribution in [3.05, 3.63) is 63.6 Å². The maximum Gasteiger partial charge on any atom is 0.250 e. The molecule has 1 aromatic carbocycles. The number of aryl methyl sites for hydroxylation is 2. The van der Waals surface area contributed by atoms with Gasteiger partial charge in [-0.15, -0.1) is 0 Å². The molecule has 1 saturated heterocycles. The molecule has 0 unspecified atom stereocenters. The highest BCUT2D eigenvalue weighted by Gasteiger charge is 2.35. The molecule has 2 aromatic rings. The number of carbonyl (C=O) groups is 1. The van der Waals surface area contributed by atoms with E-state index in [1.54, 1.807) is 24.9 Å². The molecule has 1 aromatic heterocycles. The zero-order valence-electron chi connectivity index (χ0n) is 23.7. The first-order valence-corrected chi connectivity index (χ1v) is 13.8. The number of benzene rings is 1. The van der Waals surface area contributed by atoms with E-state index in [0.717, 1.165) is 48.2 Å². The van der Waals surface area contributed by atoms with E-state index in [0.29, 0.717) is 39.5 Å². The van der Waals surface area contributed by atoms with Crippen molar-refractivity contribution >= 4 is 5.91 Å². The summed E-state index contributed by atoms with van der Waals surface area (Å²) in [6, 6.07) is 10.0. The highest BCUT2D eigenvalue weighted by molar-refractivity contribution is 5.80. The summed E-state index contributed by atoms with van der Waals surface area (Å²) in [5.41, 5.74) is 3.15. The first kappa shape index (κ1) is 29.9.